The van der Waals surface area contributed by atoms with Crippen molar-refractivity contribution in [2.24, 2.45) is 5.84 Å². The van der Waals surface area contributed by atoms with E-state index in [0.717, 1.165) is 11.4 Å². The van der Waals surface area contributed by atoms with Gasteiger partial charge in [0.15, 0.2) is 0 Å². The number of hydrogen-bond donors (Lipinski definition) is 2. The first-order valence-electron chi connectivity index (χ1n) is 7.99. The van der Waals surface area contributed by atoms with E-state index < -0.39 is 0 Å². The van der Waals surface area contributed by atoms with Gasteiger partial charge < -0.3 is 0 Å². The van der Waals surface area contributed by atoms with E-state index in [4.69, 9.17) is 17.4 Å². The van der Waals surface area contributed by atoms with Crippen LogP contribution in [-0.2, 0) is 6.42 Å². The van der Waals surface area contributed by atoms with Crippen molar-refractivity contribution >= 4 is 11.6 Å². The van der Waals surface area contributed by atoms with Crippen molar-refractivity contribution in [3.8, 4) is 0 Å². The highest BCUT2D eigenvalue weighted by molar-refractivity contribution is 6.30. The molecule has 1 saturated heterocycles. The molecule has 1 heterocycles. The zero-order chi connectivity index (χ0) is 15.3. The van der Waals surface area contributed by atoms with E-state index in [2.05, 4.69) is 36.3 Å². The molecule has 1 aromatic rings. The van der Waals surface area contributed by atoms with Crippen molar-refractivity contribution in [2.75, 3.05) is 13.1 Å². The van der Waals surface area contributed by atoms with Crippen molar-refractivity contribution in [2.45, 2.75) is 57.5 Å². The predicted octanol–water partition coefficient (Wildman–Crippen LogP) is 3.37. The van der Waals surface area contributed by atoms with Crippen LogP contribution in [0, 0.1) is 0 Å². The van der Waals surface area contributed by atoms with Gasteiger partial charge in [-0.2, -0.15) is 0 Å². The lowest BCUT2D eigenvalue weighted by atomic mass is 9.87. The van der Waals surface area contributed by atoms with Crippen LogP contribution in [0.25, 0.3) is 0 Å². The molecule has 3 N–H and O–H groups in total. The van der Waals surface area contributed by atoms with Gasteiger partial charge in [-0.1, -0.05) is 36.6 Å². The predicted molar refractivity (Wildman–Crippen MR) is 90.4 cm³/mol. The zero-order valence-electron chi connectivity index (χ0n) is 13.2. The Kier molecular flexibility index (Phi) is 6.06. The van der Waals surface area contributed by atoms with Gasteiger partial charge in [-0.3, -0.25) is 16.2 Å². The van der Waals surface area contributed by atoms with Crippen LogP contribution in [0.1, 0.15) is 45.1 Å². The number of halogens is 1. The Balaban J connectivity index is 2.08. The average Bonchev–Trinajstić information content (AvgIpc) is 2.76. The largest absolute Gasteiger partial charge is 0.297 e. The fourth-order valence-electron chi connectivity index (χ4n) is 3.24. The van der Waals surface area contributed by atoms with Crippen molar-refractivity contribution in [3.05, 3.63) is 34.9 Å². The molecule has 0 radical (unpaired) electrons. The van der Waals surface area contributed by atoms with E-state index in [0.29, 0.717) is 0 Å². The summed E-state index contributed by atoms with van der Waals surface area (Å²) >= 11 is 5.96. The van der Waals surface area contributed by atoms with E-state index in [1.807, 2.05) is 12.1 Å². The Morgan fingerprint density at radius 3 is 2.24 bits per heavy atom. The average molecular weight is 310 g/mol. The summed E-state index contributed by atoms with van der Waals surface area (Å²) in [4.78, 5) is 2.60. The van der Waals surface area contributed by atoms with Crippen molar-refractivity contribution in [3.63, 3.8) is 0 Å². The highest BCUT2D eigenvalue weighted by atomic mass is 35.5. The van der Waals surface area contributed by atoms with Gasteiger partial charge in [-0.25, -0.2) is 0 Å². The number of nitrogens with one attached hydrogen (secondary N) is 1. The molecule has 2 rings (SSSR count). The number of hydrogen-bond acceptors (Lipinski definition) is 3. The zero-order valence-corrected chi connectivity index (χ0v) is 14.0. The molecule has 3 nitrogen and oxygen atoms in total. The summed E-state index contributed by atoms with van der Waals surface area (Å²) in [7, 11) is 0. The quantitative estimate of drug-likeness (QED) is 0.647. The van der Waals surface area contributed by atoms with Gasteiger partial charge in [-0.15, -0.1) is 0 Å². The second kappa shape index (κ2) is 7.59. The summed E-state index contributed by atoms with van der Waals surface area (Å²) in [6.07, 6.45) is 6.20. The Bertz CT molecular complexity index is 422. The summed E-state index contributed by atoms with van der Waals surface area (Å²) in [5.74, 6) is 5.88. The molecule has 0 aromatic heterocycles. The number of hydrazine groups is 1. The first kappa shape index (κ1) is 16.8. The van der Waals surface area contributed by atoms with Crippen LogP contribution < -0.4 is 11.3 Å². The molecule has 1 atom stereocenters. The van der Waals surface area contributed by atoms with Crippen LogP contribution in [-0.4, -0.2) is 29.6 Å². The second-order valence-corrected chi connectivity index (χ2v) is 7.04. The third-order valence-corrected chi connectivity index (χ3v) is 5.08. The highest BCUT2D eigenvalue weighted by Crippen LogP contribution is 2.25. The lowest BCUT2D eigenvalue weighted by Gasteiger charge is -2.43. The minimum atomic E-state index is 0.0404. The molecule has 118 valence electrons. The minimum absolute atomic E-state index is 0.0404. The molecule has 1 aliphatic heterocycles. The van der Waals surface area contributed by atoms with Gasteiger partial charge in [0.2, 0.25) is 0 Å². The number of rotatable bonds is 5. The molecular weight excluding hydrogens is 282 g/mol. The van der Waals surface area contributed by atoms with Crippen LogP contribution in [0.4, 0.5) is 0 Å². The Morgan fingerprint density at radius 1 is 1.14 bits per heavy atom. The summed E-state index contributed by atoms with van der Waals surface area (Å²) < 4.78 is 0. The van der Waals surface area contributed by atoms with Gasteiger partial charge in [0.1, 0.15) is 0 Å². The maximum atomic E-state index is 5.96. The maximum Gasteiger partial charge on any atom is 0.0429 e. The summed E-state index contributed by atoms with van der Waals surface area (Å²) in [6, 6.07) is 8.29. The fraction of sp³-hybridized carbons (Fsp3) is 0.647. The number of likely N-dealkylation sites (tertiary alicyclic amines) is 1. The maximum absolute atomic E-state index is 5.96. The normalized spacial score (nSPS) is 19.2. The van der Waals surface area contributed by atoms with Crippen molar-refractivity contribution in [1.82, 2.24) is 10.3 Å². The second-order valence-electron chi connectivity index (χ2n) is 6.60. The molecule has 0 aliphatic carbocycles. The molecule has 0 bridgehead atoms. The van der Waals surface area contributed by atoms with Crippen LogP contribution in [0.15, 0.2) is 24.3 Å². The van der Waals surface area contributed by atoms with Crippen LogP contribution in [0.3, 0.4) is 0 Å². The first-order chi connectivity index (χ1) is 10.0. The lowest BCUT2D eigenvalue weighted by Crippen LogP contribution is -2.60. The molecule has 1 unspecified atom stereocenters. The van der Waals surface area contributed by atoms with Crippen LogP contribution in [0.5, 0.6) is 0 Å². The van der Waals surface area contributed by atoms with Crippen LogP contribution >= 0.6 is 11.6 Å². The summed E-state index contributed by atoms with van der Waals surface area (Å²) in [5, 5.41) is 0.780. The van der Waals surface area contributed by atoms with Crippen molar-refractivity contribution < 1.29 is 0 Å². The van der Waals surface area contributed by atoms with Crippen LogP contribution in [0.2, 0.25) is 5.02 Å². The topological polar surface area (TPSA) is 41.3 Å². The van der Waals surface area contributed by atoms with Gasteiger partial charge in [0, 0.05) is 16.6 Å². The number of nitrogens with zero attached hydrogens (tertiary/aromatic N) is 1. The van der Waals surface area contributed by atoms with E-state index in [-0.39, 0.29) is 11.6 Å². The van der Waals surface area contributed by atoms with Gasteiger partial charge >= 0.3 is 0 Å². The lowest BCUT2D eigenvalue weighted by molar-refractivity contribution is 0.0835. The van der Waals surface area contributed by atoms with E-state index in [1.165, 1.54) is 44.3 Å². The summed E-state index contributed by atoms with van der Waals surface area (Å²) in [6.45, 7) is 6.95. The third-order valence-electron chi connectivity index (χ3n) is 4.83. The minimum Gasteiger partial charge on any atom is -0.297 e. The molecule has 1 aromatic carbocycles. The Hall–Kier alpha value is -0.610. The molecule has 21 heavy (non-hydrogen) atoms. The number of nitrogens with two attached hydrogens (primary N) is 1. The fourth-order valence-corrected chi connectivity index (χ4v) is 3.36. The van der Waals surface area contributed by atoms with Gasteiger partial charge in [0.05, 0.1) is 0 Å². The standard InChI is InChI=1S/C17H28ClN3/c1-17(2,21-11-5-3-4-6-12-21)16(20-19)13-14-7-9-15(18)10-8-14/h7-10,16,20H,3-6,11-13,19H2,1-2H3. The molecule has 0 spiro atoms. The molecule has 0 saturated carbocycles. The van der Waals surface area contributed by atoms with E-state index in [9.17, 15) is 0 Å². The van der Waals surface area contributed by atoms with Gasteiger partial charge in [0.25, 0.3) is 0 Å². The first-order valence-corrected chi connectivity index (χ1v) is 8.37. The van der Waals surface area contributed by atoms with E-state index in [1.54, 1.807) is 0 Å². The third kappa shape index (κ3) is 4.43. The van der Waals surface area contributed by atoms with Crippen molar-refractivity contribution in [1.29, 1.82) is 0 Å². The Labute approximate surface area is 133 Å². The highest BCUT2D eigenvalue weighted by Gasteiger charge is 2.34. The van der Waals surface area contributed by atoms with E-state index >= 15 is 0 Å². The molecule has 4 heteroatoms. The Morgan fingerprint density at radius 2 is 1.71 bits per heavy atom. The molecule has 1 aliphatic rings. The summed E-state index contributed by atoms with van der Waals surface area (Å²) in [5.41, 5.74) is 4.36. The molecule has 0 amide bonds. The SMILES string of the molecule is CC(C)(C(Cc1ccc(Cl)cc1)NN)N1CCCCCC1. The monoisotopic (exact) mass is 309 g/mol. The molecular formula is C17H28ClN3. The van der Waals surface area contributed by atoms with Gasteiger partial charge in [-0.05, 0) is 63.9 Å². The molecule has 1 fully saturated rings. The number of benzene rings is 1. The smallest absolute Gasteiger partial charge is 0.0429 e.